The third-order valence-corrected chi connectivity index (χ3v) is 4.72. The molecule has 9 nitrogen and oxygen atoms in total. The predicted molar refractivity (Wildman–Crippen MR) is 92.5 cm³/mol. The quantitative estimate of drug-likeness (QED) is 0.627. The molecule has 0 spiro atoms. The van der Waals surface area contributed by atoms with Crippen LogP contribution in [0.15, 0.2) is 18.2 Å². The van der Waals surface area contributed by atoms with E-state index in [1.54, 1.807) is 7.05 Å². The lowest BCUT2D eigenvalue weighted by Gasteiger charge is -2.32. The van der Waals surface area contributed by atoms with Crippen molar-refractivity contribution in [3.63, 3.8) is 0 Å². The van der Waals surface area contributed by atoms with E-state index in [-0.39, 0.29) is 5.41 Å². The topological polar surface area (TPSA) is 119 Å². The van der Waals surface area contributed by atoms with Gasteiger partial charge in [-0.2, -0.15) is 8.42 Å². The minimum absolute atomic E-state index is 0.0981. The Balaban J connectivity index is 0.000000399. The number of likely N-dealkylation sites (N-methyl/N-ethyl adjacent to an activating group) is 2. The molecular formula is C15H23N3O6S. The average molecular weight is 373 g/mol. The molecule has 1 amide bonds. The van der Waals surface area contributed by atoms with E-state index in [1.807, 2.05) is 18.2 Å². The standard InChI is InChI=1S/C15H21N3O2.H2O4S/c1-15-7-8-17(3)13(15)18(4)12-6-5-10(9-11(12)15)20-14(19)16-2;1-5(2,3)4/h5-6,9,13H,7-8H2,1-4H3,(H,16,19);(H2,1,2,3,4)/t13-,15+;/m1./s1. The van der Waals surface area contributed by atoms with Crippen LogP contribution in [-0.4, -0.2) is 62.4 Å². The number of hydrogen-bond donors (Lipinski definition) is 3. The first kappa shape index (κ1) is 19.4. The molecule has 0 saturated carbocycles. The molecule has 25 heavy (non-hydrogen) atoms. The summed E-state index contributed by atoms with van der Waals surface area (Å²) in [5, 5.41) is 2.47. The van der Waals surface area contributed by atoms with Crippen LogP contribution in [0.4, 0.5) is 10.5 Å². The summed E-state index contributed by atoms with van der Waals surface area (Å²) in [5.41, 5.74) is 2.60. The highest BCUT2D eigenvalue weighted by molar-refractivity contribution is 7.79. The van der Waals surface area contributed by atoms with Gasteiger partial charge in [-0.25, -0.2) is 4.79 Å². The highest BCUT2D eigenvalue weighted by Gasteiger charge is 2.52. The Kier molecular flexibility index (Phi) is 5.28. The van der Waals surface area contributed by atoms with E-state index in [9.17, 15) is 4.79 Å². The number of rotatable bonds is 1. The first-order valence-corrected chi connectivity index (χ1v) is 9.04. The van der Waals surface area contributed by atoms with Gasteiger partial charge >= 0.3 is 16.5 Å². The molecule has 2 aliphatic rings. The fraction of sp³-hybridized carbons (Fsp3) is 0.533. The summed E-state index contributed by atoms with van der Waals surface area (Å²) in [6, 6.07) is 5.92. The van der Waals surface area contributed by atoms with Crippen LogP contribution in [0.3, 0.4) is 0 Å². The largest absolute Gasteiger partial charge is 0.412 e. The smallest absolute Gasteiger partial charge is 0.410 e. The molecule has 0 radical (unpaired) electrons. The molecule has 0 aromatic heterocycles. The van der Waals surface area contributed by atoms with Crippen LogP contribution in [0, 0.1) is 0 Å². The second-order valence-corrected chi connectivity index (χ2v) is 7.29. The van der Waals surface area contributed by atoms with Gasteiger partial charge in [-0.1, -0.05) is 6.92 Å². The van der Waals surface area contributed by atoms with Gasteiger partial charge in [0, 0.05) is 31.7 Å². The summed E-state index contributed by atoms with van der Waals surface area (Å²) in [4.78, 5) is 16.1. The van der Waals surface area contributed by atoms with E-state index in [0.717, 1.165) is 13.0 Å². The number of amides is 1. The molecule has 2 aliphatic heterocycles. The van der Waals surface area contributed by atoms with Crippen LogP contribution >= 0.6 is 0 Å². The molecule has 0 unspecified atom stereocenters. The van der Waals surface area contributed by atoms with Gasteiger partial charge in [0.05, 0.1) is 6.17 Å². The summed E-state index contributed by atoms with van der Waals surface area (Å²) >= 11 is 0. The van der Waals surface area contributed by atoms with Crippen molar-refractivity contribution in [2.45, 2.75) is 24.9 Å². The fourth-order valence-corrected chi connectivity index (χ4v) is 3.78. The van der Waals surface area contributed by atoms with Crippen LogP contribution in [-0.2, 0) is 15.8 Å². The van der Waals surface area contributed by atoms with Crippen molar-refractivity contribution in [3.8, 4) is 5.75 Å². The van der Waals surface area contributed by atoms with Crippen molar-refractivity contribution in [1.29, 1.82) is 0 Å². The number of carbonyl (C=O) groups excluding carboxylic acids is 1. The van der Waals surface area contributed by atoms with E-state index in [4.69, 9.17) is 22.3 Å². The second kappa shape index (κ2) is 6.79. The van der Waals surface area contributed by atoms with Crippen molar-refractivity contribution in [2.24, 2.45) is 0 Å². The molecule has 1 aromatic rings. The normalized spacial score (nSPS) is 24.9. The Morgan fingerprint density at radius 2 is 1.96 bits per heavy atom. The number of likely N-dealkylation sites (tertiary alicyclic amines) is 1. The van der Waals surface area contributed by atoms with Gasteiger partial charge in [0.25, 0.3) is 0 Å². The van der Waals surface area contributed by atoms with E-state index in [1.165, 1.54) is 11.3 Å². The number of benzene rings is 1. The number of hydrogen-bond acceptors (Lipinski definition) is 6. The number of carbonyl (C=O) groups is 1. The Bertz CT molecular complexity index is 761. The van der Waals surface area contributed by atoms with Gasteiger partial charge < -0.3 is 15.0 Å². The van der Waals surface area contributed by atoms with Crippen LogP contribution in [0.5, 0.6) is 5.75 Å². The van der Waals surface area contributed by atoms with Crippen LogP contribution in [0.25, 0.3) is 0 Å². The number of nitrogens with one attached hydrogen (secondary N) is 1. The molecule has 1 aromatic carbocycles. The molecule has 2 heterocycles. The van der Waals surface area contributed by atoms with Gasteiger partial charge in [-0.3, -0.25) is 14.0 Å². The third-order valence-electron chi connectivity index (χ3n) is 4.72. The Morgan fingerprint density at radius 3 is 2.52 bits per heavy atom. The third kappa shape index (κ3) is 4.03. The zero-order valence-electron chi connectivity index (χ0n) is 14.6. The monoisotopic (exact) mass is 373 g/mol. The van der Waals surface area contributed by atoms with Crippen molar-refractivity contribution < 1.29 is 27.1 Å². The molecular weight excluding hydrogens is 350 g/mol. The maximum absolute atomic E-state index is 11.4. The van der Waals surface area contributed by atoms with Crippen LogP contribution in [0.1, 0.15) is 18.9 Å². The maximum atomic E-state index is 11.4. The van der Waals surface area contributed by atoms with E-state index in [0.29, 0.717) is 11.9 Å². The van der Waals surface area contributed by atoms with E-state index in [2.05, 4.69) is 36.1 Å². The summed E-state index contributed by atoms with van der Waals surface area (Å²) in [6.07, 6.45) is 1.07. The van der Waals surface area contributed by atoms with Gasteiger partial charge in [0.1, 0.15) is 5.75 Å². The highest BCUT2D eigenvalue weighted by atomic mass is 32.3. The Labute approximate surface area is 147 Å². The maximum Gasteiger partial charge on any atom is 0.412 e. The van der Waals surface area contributed by atoms with Crippen molar-refractivity contribution >= 4 is 22.2 Å². The molecule has 140 valence electrons. The summed E-state index contributed by atoms with van der Waals surface area (Å²) in [7, 11) is 1.20. The van der Waals surface area contributed by atoms with E-state index >= 15 is 0 Å². The summed E-state index contributed by atoms with van der Waals surface area (Å²) in [6.45, 7) is 3.39. The molecule has 0 aliphatic carbocycles. The Hall–Kier alpha value is -1.88. The molecule has 1 saturated heterocycles. The average Bonchev–Trinajstić information content (AvgIpc) is 2.91. The molecule has 0 bridgehead atoms. The first-order valence-electron chi connectivity index (χ1n) is 7.64. The van der Waals surface area contributed by atoms with Crippen molar-refractivity contribution in [1.82, 2.24) is 10.2 Å². The van der Waals surface area contributed by atoms with Gasteiger partial charge in [-0.15, -0.1) is 0 Å². The van der Waals surface area contributed by atoms with Crippen molar-refractivity contribution in [3.05, 3.63) is 23.8 Å². The minimum atomic E-state index is -4.67. The SMILES string of the molecule is CNC(=O)Oc1ccc2c(c1)[C@]1(C)CCN(C)[C@@H]1N2C.O=S(=O)(O)O. The van der Waals surface area contributed by atoms with Crippen molar-refractivity contribution in [2.75, 3.05) is 32.6 Å². The zero-order chi connectivity index (χ0) is 19.0. The van der Waals surface area contributed by atoms with Gasteiger partial charge in [0.15, 0.2) is 0 Å². The molecule has 10 heteroatoms. The number of ether oxygens (including phenoxy) is 1. The first-order chi connectivity index (χ1) is 11.5. The number of fused-ring (bicyclic) bond motifs is 3. The molecule has 3 N–H and O–H groups in total. The van der Waals surface area contributed by atoms with Crippen LogP contribution < -0.4 is 15.0 Å². The van der Waals surface area contributed by atoms with Gasteiger partial charge in [-0.05, 0) is 37.2 Å². The number of nitrogens with zero attached hydrogens (tertiary/aromatic N) is 2. The summed E-state index contributed by atoms with van der Waals surface area (Å²) < 4.78 is 36.8. The minimum Gasteiger partial charge on any atom is -0.410 e. The lowest BCUT2D eigenvalue weighted by molar-refractivity contribution is 0.203. The lowest BCUT2D eigenvalue weighted by atomic mass is 9.81. The number of anilines is 1. The molecule has 1 fully saturated rings. The Morgan fingerprint density at radius 1 is 1.36 bits per heavy atom. The summed E-state index contributed by atoms with van der Waals surface area (Å²) in [5.74, 6) is 0.605. The lowest BCUT2D eigenvalue weighted by Crippen LogP contribution is -2.45. The fourth-order valence-electron chi connectivity index (χ4n) is 3.78. The zero-order valence-corrected chi connectivity index (χ0v) is 15.4. The highest BCUT2D eigenvalue weighted by Crippen LogP contribution is 2.51. The van der Waals surface area contributed by atoms with E-state index < -0.39 is 16.5 Å². The molecule has 2 atom stereocenters. The predicted octanol–water partition coefficient (Wildman–Crippen LogP) is 1.12. The second-order valence-electron chi connectivity index (χ2n) is 6.40. The molecule has 3 rings (SSSR count). The van der Waals surface area contributed by atoms with Gasteiger partial charge in [0.2, 0.25) is 0 Å². The van der Waals surface area contributed by atoms with Crippen LogP contribution in [0.2, 0.25) is 0 Å².